The number of nitrogens with zero attached hydrogens (tertiary/aromatic N) is 2. The Morgan fingerprint density at radius 1 is 1.14 bits per heavy atom. The van der Waals surface area contributed by atoms with Gasteiger partial charge < -0.3 is 0 Å². The Morgan fingerprint density at radius 3 is 2.52 bits per heavy atom. The van der Waals surface area contributed by atoms with E-state index in [1.54, 1.807) is 6.07 Å². The molecule has 21 heavy (non-hydrogen) atoms. The molecule has 3 aromatic rings. The highest BCUT2D eigenvalue weighted by Gasteiger charge is 2.17. The molecular weight excluding hydrogens is 441 g/mol. The number of halogens is 4. The van der Waals surface area contributed by atoms with Gasteiger partial charge in [-0.05, 0) is 59.8 Å². The van der Waals surface area contributed by atoms with E-state index < -0.39 is 0 Å². The van der Waals surface area contributed by atoms with Gasteiger partial charge in [-0.3, -0.25) is 4.57 Å². The smallest absolute Gasteiger partial charge is 0.132 e. The van der Waals surface area contributed by atoms with Gasteiger partial charge in [-0.25, -0.2) is 4.98 Å². The number of alkyl halides is 1. The van der Waals surface area contributed by atoms with E-state index in [1.165, 1.54) is 0 Å². The van der Waals surface area contributed by atoms with Crippen molar-refractivity contribution in [2.75, 3.05) is 0 Å². The molecular formula is C15H10Cl3IN2. The van der Waals surface area contributed by atoms with E-state index in [0.29, 0.717) is 10.0 Å². The summed E-state index contributed by atoms with van der Waals surface area (Å²) >= 11 is 20.8. The summed E-state index contributed by atoms with van der Waals surface area (Å²) in [5.74, 6) is 0.770. The predicted octanol–water partition coefficient (Wildman–Crippen LogP) is 6.24. The number of rotatable bonds is 2. The fraction of sp³-hybridized carbons (Fsp3) is 0.133. The van der Waals surface area contributed by atoms with E-state index in [0.717, 1.165) is 26.1 Å². The third-order valence-electron chi connectivity index (χ3n) is 3.14. The monoisotopic (exact) mass is 450 g/mol. The summed E-state index contributed by atoms with van der Waals surface area (Å²) in [7, 11) is 0. The summed E-state index contributed by atoms with van der Waals surface area (Å²) in [6.07, 6.45) is 0. The summed E-state index contributed by atoms with van der Waals surface area (Å²) in [6.45, 7) is 1.90. The number of hydrogen-bond donors (Lipinski definition) is 0. The molecule has 0 N–H and O–H groups in total. The minimum absolute atomic E-state index is 0.229. The lowest BCUT2D eigenvalue weighted by Crippen LogP contribution is -2.02. The van der Waals surface area contributed by atoms with Gasteiger partial charge in [-0.1, -0.05) is 29.3 Å². The van der Waals surface area contributed by atoms with Gasteiger partial charge >= 0.3 is 0 Å². The first-order chi connectivity index (χ1) is 9.97. The molecule has 0 spiro atoms. The SMILES string of the molecule is CC(Cl)c1nc2cc(Cl)c(Cl)cc2n1-c1cccc(I)c1. The lowest BCUT2D eigenvalue weighted by molar-refractivity contribution is 0.882. The lowest BCUT2D eigenvalue weighted by Gasteiger charge is -2.11. The number of fused-ring (bicyclic) bond motifs is 1. The Labute approximate surface area is 151 Å². The molecule has 0 aliphatic heterocycles. The second-order valence-corrected chi connectivity index (χ2v) is 7.37. The van der Waals surface area contributed by atoms with Gasteiger partial charge in [0.05, 0.1) is 26.5 Å². The number of aromatic nitrogens is 2. The maximum atomic E-state index is 6.30. The van der Waals surface area contributed by atoms with Crippen molar-refractivity contribution in [3.8, 4) is 5.69 Å². The first-order valence-corrected chi connectivity index (χ1v) is 8.52. The van der Waals surface area contributed by atoms with Gasteiger partial charge in [-0.2, -0.15) is 0 Å². The van der Waals surface area contributed by atoms with Crippen LogP contribution in [0.1, 0.15) is 18.1 Å². The molecule has 0 saturated heterocycles. The number of benzene rings is 2. The summed E-state index contributed by atoms with van der Waals surface area (Å²) in [5.41, 5.74) is 2.69. The van der Waals surface area contributed by atoms with Crippen molar-refractivity contribution in [3.05, 3.63) is 55.8 Å². The Kier molecular flexibility index (Phi) is 4.37. The lowest BCUT2D eigenvalue weighted by atomic mass is 10.2. The van der Waals surface area contributed by atoms with Crippen molar-refractivity contribution in [3.63, 3.8) is 0 Å². The van der Waals surface area contributed by atoms with Crippen LogP contribution in [-0.2, 0) is 0 Å². The minimum Gasteiger partial charge on any atom is -0.295 e. The number of hydrogen-bond acceptors (Lipinski definition) is 1. The Bertz CT molecular complexity index is 827. The molecule has 0 fully saturated rings. The van der Waals surface area contributed by atoms with Crippen molar-refractivity contribution in [2.45, 2.75) is 12.3 Å². The molecule has 2 nitrogen and oxygen atoms in total. The molecule has 3 rings (SSSR count). The molecule has 0 aliphatic carbocycles. The predicted molar refractivity (Wildman–Crippen MR) is 98.1 cm³/mol. The zero-order valence-electron chi connectivity index (χ0n) is 10.9. The van der Waals surface area contributed by atoms with E-state index in [1.807, 2.05) is 35.8 Å². The topological polar surface area (TPSA) is 17.8 Å². The molecule has 0 bridgehead atoms. The van der Waals surface area contributed by atoms with Crippen LogP contribution in [-0.4, -0.2) is 9.55 Å². The van der Waals surface area contributed by atoms with Crippen LogP contribution in [0.25, 0.3) is 16.7 Å². The molecule has 1 atom stereocenters. The zero-order chi connectivity index (χ0) is 15.1. The highest BCUT2D eigenvalue weighted by atomic mass is 127. The highest BCUT2D eigenvalue weighted by molar-refractivity contribution is 14.1. The van der Waals surface area contributed by atoms with Gasteiger partial charge in [0, 0.05) is 9.26 Å². The molecule has 0 amide bonds. The average molecular weight is 452 g/mol. The Morgan fingerprint density at radius 2 is 1.86 bits per heavy atom. The molecule has 1 unspecified atom stereocenters. The second-order valence-electron chi connectivity index (χ2n) is 4.66. The van der Waals surface area contributed by atoms with Crippen molar-refractivity contribution < 1.29 is 0 Å². The maximum Gasteiger partial charge on any atom is 0.132 e. The molecule has 1 aromatic heterocycles. The minimum atomic E-state index is -0.229. The third-order valence-corrected chi connectivity index (χ3v) is 4.73. The van der Waals surface area contributed by atoms with Gasteiger partial charge in [0.15, 0.2) is 0 Å². The third kappa shape index (κ3) is 2.89. The van der Waals surface area contributed by atoms with Crippen molar-refractivity contribution in [2.24, 2.45) is 0 Å². The van der Waals surface area contributed by atoms with Crippen molar-refractivity contribution in [1.29, 1.82) is 0 Å². The number of imidazole rings is 1. The first kappa shape index (κ1) is 15.4. The van der Waals surface area contributed by atoms with E-state index in [-0.39, 0.29) is 5.38 Å². The molecule has 2 aromatic carbocycles. The van der Waals surface area contributed by atoms with Crippen LogP contribution in [0.2, 0.25) is 10.0 Å². The zero-order valence-corrected chi connectivity index (χ0v) is 15.4. The summed E-state index contributed by atoms with van der Waals surface area (Å²) < 4.78 is 3.16. The van der Waals surface area contributed by atoms with Crippen LogP contribution in [0.15, 0.2) is 36.4 Å². The normalized spacial score (nSPS) is 12.8. The maximum absolute atomic E-state index is 6.30. The summed E-state index contributed by atoms with van der Waals surface area (Å²) in [6, 6.07) is 11.7. The molecule has 1 heterocycles. The van der Waals surface area contributed by atoms with Crippen LogP contribution in [0, 0.1) is 3.57 Å². The van der Waals surface area contributed by atoms with Crippen molar-refractivity contribution in [1.82, 2.24) is 9.55 Å². The van der Waals surface area contributed by atoms with Crippen LogP contribution >= 0.6 is 57.4 Å². The van der Waals surface area contributed by atoms with Gasteiger partial charge in [0.2, 0.25) is 0 Å². The van der Waals surface area contributed by atoms with Gasteiger partial charge in [-0.15, -0.1) is 11.6 Å². The van der Waals surface area contributed by atoms with Crippen LogP contribution < -0.4 is 0 Å². The van der Waals surface area contributed by atoms with Crippen molar-refractivity contribution >= 4 is 68.4 Å². The largest absolute Gasteiger partial charge is 0.295 e. The fourth-order valence-corrected chi connectivity index (χ4v) is 3.23. The van der Waals surface area contributed by atoms with Gasteiger partial charge in [0.25, 0.3) is 0 Å². The van der Waals surface area contributed by atoms with E-state index >= 15 is 0 Å². The Hall–Kier alpha value is -0.490. The summed E-state index contributed by atoms with van der Waals surface area (Å²) in [5, 5.41) is 0.766. The van der Waals surface area contributed by atoms with E-state index in [2.05, 4.69) is 33.6 Å². The molecule has 108 valence electrons. The summed E-state index contributed by atoms with van der Waals surface area (Å²) in [4.78, 5) is 4.61. The van der Waals surface area contributed by atoms with E-state index in [4.69, 9.17) is 34.8 Å². The first-order valence-electron chi connectivity index (χ1n) is 6.25. The average Bonchev–Trinajstić information content (AvgIpc) is 2.78. The second kappa shape index (κ2) is 5.95. The van der Waals surface area contributed by atoms with Crippen LogP contribution in [0.5, 0.6) is 0 Å². The van der Waals surface area contributed by atoms with Crippen LogP contribution in [0.3, 0.4) is 0 Å². The highest BCUT2D eigenvalue weighted by Crippen LogP contribution is 2.33. The molecule has 6 heteroatoms. The quantitative estimate of drug-likeness (QED) is 0.333. The standard InChI is InChI=1S/C15H10Cl3IN2/c1-8(16)15-20-13-6-11(17)12(18)7-14(13)21(15)10-4-2-3-9(19)5-10/h2-8H,1H3. The molecule has 0 aliphatic rings. The van der Waals surface area contributed by atoms with E-state index in [9.17, 15) is 0 Å². The Balaban J connectivity index is 2.38. The van der Waals surface area contributed by atoms with Gasteiger partial charge in [0.1, 0.15) is 5.82 Å². The van der Waals surface area contributed by atoms with Crippen LogP contribution in [0.4, 0.5) is 0 Å². The molecule has 0 saturated carbocycles. The molecule has 0 radical (unpaired) electrons. The fourth-order valence-electron chi connectivity index (χ4n) is 2.24.